The summed E-state index contributed by atoms with van der Waals surface area (Å²) in [5, 5.41) is 9.03. The standard InChI is InChI=1S/C17H21ClN4O2S/c1-2-6-21-7-9-22(10-8-21)15(23)12-25-17-20-19-16(24-17)13-4-3-5-14(18)11-13/h3-5,11H,2,6-10,12H2,1H3. The lowest BCUT2D eigenvalue weighted by Gasteiger charge is -2.34. The Labute approximate surface area is 156 Å². The van der Waals surface area contributed by atoms with Crippen LogP contribution in [0.25, 0.3) is 11.5 Å². The summed E-state index contributed by atoms with van der Waals surface area (Å²) in [6.07, 6.45) is 1.15. The second-order valence-electron chi connectivity index (χ2n) is 5.89. The summed E-state index contributed by atoms with van der Waals surface area (Å²) in [5.74, 6) is 0.833. The van der Waals surface area contributed by atoms with Crippen LogP contribution in [0.1, 0.15) is 13.3 Å². The van der Waals surface area contributed by atoms with Crippen LogP contribution in [0.2, 0.25) is 5.02 Å². The number of carbonyl (C=O) groups excluding carboxylic acids is 1. The van der Waals surface area contributed by atoms with E-state index in [1.165, 1.54) is 11.8 Å². The average molecular weight is 381 g/mol. The van der Waals surface area contributed by atoms with E-state index >= 15 is 0 Å². The van der Waals surface area contributed by atoms with Gasteiger partial charge in [-0.3, -0.25) is 9.69 Å². The van der Waals surface area contributed by atoms with E-state index in [0.717, 1.165) is 44.7 Å². The summed E-state index contributed by atoms with van der Waals surface area (Å²) in [4.78, 5) is 16.6. The van der Waals surface area contributed by atoms with Crippen LogP contribution in [-0.2, 0) is 4.79 Å². The Hall–Kier alpha value is -1.57. The van der Waals surface area contributed by atoms with Gasteiger partial charge in [-0.2, -0.15) is 0 Å². The molecule has 0 spiro atoms. The Bertz CT molecular complexity index is 716. The van der Waals surface area contributed by atoms with Crippen molar-refractivity contribution < 1.29 is 9.21 Å². The van der Waals surface area contributed by atoms with Gasteiger partial charge in [-0.05, 0) is 31.2 Å². The monoisotopic (exact) mass is 380 g/mol. The molecule has 8 heteroatoms. The molecule has 1 amide bonds. The number of hydrogen-bond acceptors (Lipinski definition) is 6. The highest BCUT2D eigenvalue weighted by atomic mass is 35.5. The third-order valence-corrected chi connectivity index (χ3v) is 5.10. The van der Waals surface area contributed by atoms with Crippen LogP contribution in [-0.4, -0.2) is 64.4 Å². The first-order valence-electron chi connectivity index (χ1n) is 8.38. The van der Waals surface area contributed by atoms with E-state index in [2.05, 4.69) is 22.0 Å². The van der Waals surface area contributed by atoms with E-state index in [4.69, 9.17) is 16.0 Å². The first-order chi connectivity index (χ1) is 12.2. The van der Waals surface area contributed by atoms with Crippen molar-refractivity contribution in [3.63, 3.8) is 0 Å². The van der Waals surface area contributed by atoms with E-state index in [1.54, 1.807) is 12.1 Å². The minimum absolute atomic E-state index is 0.114. The van der Waals surface area contributed by atoms with Crippen LogP contribution in [0.4, 0.5) is 0 Å². The van der Waals surface area contributed by atoms with E-state index in [1.807, 2.05) is 17.0 Å². The van der Waals surface area contributed by atoms with Crippen molar-refractivity contribution in [1.82, 2.24) is 20.0 Å². The van der Waals surface area contributed by atoms with Gasteiger partial charge in [-0.1, -0.05) is 36.4 Å². The minimum Gasteiger partial charge on any atom is -0.411 e. The summed E-state index contributed by atoms with van der Waals surface area (Å²) >= 11 is 7.25. The number of amides is 1. The summed E-state index contributed by atoms with van der Waals surface area (Å²) in [7, 11) is 0. The number of thioether (sulfide) groups is 1. The van der Waals surface area contributed by atoms with Crippen molar-refractivity contribution in [2.75, 3.05) is 38.5 Å². The van der Waals surface area contributed by atoms with Crippen molar-refractivity contribution in [2.45, 2.75) is 18.6 Å². The van der Waals surface area contributed by atoms with Crippen LogP contribution in [0.3, 0.4) is 0 Å². The molecule has 2 aromatic rings. The highest BCUT2D eigenvalue weighted by molar-refractivity contribution is 7.99. The van der Waals surface area contributed by atoms with E-state index in [0.29, 0.717) is 21.9 Å². The maximum Gasteiger partial charge on any atom is 0.277 e. The van der Waals surface area contributed by atoms with Crippen molar-refractivity contribution in [3.8, 4) is 11.5 Å². The molecule has 1 aromatic heterocycles. The SMILES string of the molecule is CCCN1CCN(C(=O)CSc2nnc(-c3cccc(Cl)c3)o2)CC1. The number of hydrogen-bond donors (Lipinski definition) is 0. The van der Waals surface area contributed by atoms with Gasteiger partial charge in [-0.25, -0.2) is 0 Å². The van der Waals surface area contributed by atoms with Gasteiger partial charge in [0.2, 0.25) is 11.8 Å². The third-order valence-electron chi connectivity index (χ3n) is 4.06. The molecule has 1 aliphatic heterocycles. The molecule has 0 saturated carbocycles. The lowest BCUT2D eigenvalue weighted by Crippen LogP contribution is -2.49. The fourth-order valence-electron chi connectivity index (χ4n) is 2.76. The summed E-state index contributed by atoms with van der Waals surface area (Å²) < 4.78 is 5.61. The molecule has 0 bridgehead atoms. The summed E-state index contributed by atoms with van der Waals surface area (Å²) in [5.41, 5.74) is 0.769. The van der Waals surface area contributed by atoms with Gasteiger partial charge in [-0.15, -0.1) is 10.2 Å². The molecule has 1 aromatic carbocycles. The van der Waals surface area contributed by atoms with Gasteiger partial charge in [0.1, 0.15) is 0 Å². The zero-order valence-corrected chi connectivity index (χ0v) is 15.7. The predicted molar refractivity (Wildman–Crippen MR) is 98.8 cm³/mol. The Morgan fingerprint density at radius 3 is 2.80 bits per heavy atom. The highest BCUT2D eigenvalue weighted by Crippen LogP contribution is 2.25. The minimum atomic E-state index is 0.114. The smallest absolute Gasteiger partial charge is 0.277 e. The molecule has 1 aliphatic rings. The van der Waals surface area contributed by atoms with Crippen molar-refractivity contribution >= 4 is 29.3 Å². The van der Waals surface area contributed by atoms with Crippen molar-refractivity contribution in [1.29, 1.82) is 0 Å². The molecule has 134 valence electrons. The lowest BCUT2D eigenvalue weighted by atomic mass is 10.2. The Kier molecular flexibility index (Phi) is 6.34. The quantitative estimate of drug-likeness (QED) is 0.718. The highest BCUT2D eigenvalue weighted by Gasteiger charge is 2.21. The number of nitrogens with zero attached hydrogens (tertiary/aromatic N) is 4. The van der Waals surface area contributed by atoms with Crippen LogP contribution < -0.4 is 0 Å². The van der Waals surface area contributed by atoms with E-state index in [-0.39, 0.29) is 5.91 Å². The van der Waals surface area contributed by atoms with E-state index < -0.39 is 0 Å². The molecule has 1 saturated heterocycles. The predicted octanol–water partition coefficient (Wildman–Crippen LogP) is 3.04. The van der Waals surface area contributed by atoms with Gasteiger partial charge in [0.05, 0.1) is 5.75 Å². The molecule has 0 N–H and O–H groups in total. The molecule has 0 aliphatic carbocycles. The fraction of sp³-hybridized carbons (Fsp3) is 0.471. The van der Waals surface area contributed by atoms with Crippen LogP contribution >= 0.6 is 23.4 Å². The number of rotatable bonds is 6. The second kappa shape index (κ2) is 8.69. The number of benzene rings is 1. The van der Waals surface area contributed by atoms with Crippen molar-refractivity contribution in [2.24, 2.45) is 0 Å². The van der Waals surface area contributed by atoms with Gasteiger partial charge < -0.3 is 9.32 Å². The normalized spacial score (nSPS) is 15.5. The molecular weight excluding hydrogens is 360 g/mol. The van der Waals surface area contributed by atoms with Crippen molar-refractivity contribution in [3.05, 3.63) is 29.3 Å². The zero-order chi connectivity index (χ0) is 17.6. The Morgan fingerprint density at radius 1 is 1.28 bits per heavy atom. The summed E-state index contributed by atoms with van der Waals surface area (Å²) in [6, 6.07) is 7.24. The molecule has 1 fully saturated rings. The third kappa shape index (κ3) is 4.96. The maximum absolute atomic E-state index is 12.3. The molecule has 6 nitrogen and oxygen atoms in total. The Balaban J connectivity index is 1.50. The largest absolute Gasteiger partial charge is 0.411 e. The Morgan fingerprint density at radius 2 is 2.08 bits per heavy atom. The lowest BCUT2D eigenvalue weighted by molar-refractivity contribution is -0.130. The number of piperazine rings is 1. The molecule has 0 unspecified atom stereocenters. The number of carbonyl (C=O) groups is 1. The molecule has 3 rings (SSSR count). The topological polar surface area (TPSA) is 62.5 Å². The van der Waals surface area contributed by atoms with Gasteiger partial charge in [0.25, 0.3) is 5.22 Å². The molecule has 2 heterocycles. The maximum atomic E-state index is 12.3. The second-order valence-corrected chi connectivity index (χ2v) is 7.26. The molecule has 0 radical (unpaired) electrons. The van der Waals surface area contributed by atoms with Gasteiger partial charge in [0.15, 0.2) is 0 Å². The molecule has 0 atom stereocenters. The van der Waals surface area contributed by atoms with Crippen LogP contribution in [0.15, 0.2) is 33.9 Å². The summed E-state index contributed by atoms with van der Waals surface area (Å²) in [6.45, 7) is 6.75. The number of aromatic nitrogens is 2. The van der Waals surface area contributed by atoms with Gasteiger partial charge >= 0.3 is 0 Å². The molecular formula is C17H21ClN4O2S. The van der Waals surface area contributed by atoms with Crippen LogP contribution in [0.5, 0.6) is 0 Å². The van der Waals surface area contributed by atoms with E-state index in [9.17, 15) is 4.79 Å². The molecule has 25 heavy (non-hydrogen) atoms. The van der Waals surface area contributed by atoms with Crippen LogP contribution in [0, 0.1) is 0 Å². The average Bonchev–Trinajstić information content (AvgIpc) is 3.10. The zero-order valence-electron chi connectivity index (χ0n) is 14.2. The number of halogens is 1. The first-order valence-corrected chi connectivity index (χ1v) is 9.74. The first kappa shape index (κ1) is 18.2. The fourth-order valence-corrected chi connectivity index (χ4v) is 3.61. The van der Waals surface area contributed by atoms with Gasteiger partial charge in [0, 0.05) is 36.8 Å².